The van der Waals surface area contributed by atoms with Gasteiger partial charge in [-0.15, -0.1) is 0 Å². The third-order valence-electron chi connectivity index (χ3n) is 10.8. The summed E-state index contributed by atoms with van der Waals surface area (Å²) >= 11 is 0. The van der Waals surface area contributed by atoms with Crippen LogP contribution in [-0.2, 0) is 90.9 Å². The summed E-state index contributed by atoms with van der Waals surface area (Å²) in [5.41, 5.74) is -5.04. The maximum atomic E-state index is 11.4. The fourth-order valence-corrected chi connectivity index (χ4v) is 6.12. The van der Waals surface area contributed by atoms with Crippen molar-refractivity contribution in [1.29, 1.82) is 0 Å². The fourth-order valence-electron chi connectivity index (χ4n) is 6.12. The summed E-state index contributed by atoms with van der Waals surface area (Å²) in [6.45, 7) is 11.1. The summed E-state index contributed by atoms with van der Waals surface area (Å²) < 4.78 is 12.8. The molecule has 3 aliphatic rings. The second-order valence-electron chi connectivity index (χ2n) is 17.2. The summed E-state index contributed by atoms with van der Waals surface area (Å²) in [5.74, 6) is -22.6. The van der Waals surface area contributed by atoms with Gasteiger partial charge in [-0.25, -0.2) is 9.59 Å². The average Bonchev–Trinajstić information content (AvgIpc) is 3.83. The van der Waals surface area contributed by atoms with Gasteiger partial charge in [0, 0.05) is 25.0 Å². The van der Waals surface area contributed by atoms with Crippen molar-refractivity contribution in [3.8, 4) is 0 Å². The molecule has 76 heavy (non-hydrogen) atoms. The number of carboxylic acids is 10. The Morgan fingerprint density at radius 1 is 0.500 bits per heavy atom. The monoisotopic (exact) mass is 1100 g/mol. The molecule has 9 atom stereocenters. The zero-order chi connectivity index (χ0) is 58.1. The summed E-state index contributed by atoms with van der Waals surface area (Å²) in [6, 6.07) is 0. The van der Waals surface area contributed by atoms with E-state index in [0.29, 0.717) is 6.42 Å². The Labute approximate surface area is 434 Å². The van der Waals surface area contributed by atoms with Gasteiger partial charge in [-0.1, -0.05) is 49.5 Å². The van der Waals surface area contributed by atoms with Crippen LogP contribution in [0.5, 0.6) is 0 Å². The highest BCUT2D eigenvalue weighted by atomic mass is 16.6. The minimum atomic E-state index is -1.83. The maximum absolute atomic E-state index is 11.4. The molecule has 0 amide bonds. The van der Waals surface area contributed by atoms with Gasteiger partial charge < -0.3 is 70.8 Å². The first-order valence-electron chi connectivity index (χ1n) is 21.4. The highest BCUT2D eigenvalue weighted by Gasteiger charge is 2.50. The molecule has 0 radical (unpaired) electrons. The number of ether oxygens (including phenoxy) is 3. The first-order chi connectivity index (χ1) is 33.2. The van der Waals surface area contributed by atoms with Gasteiger partial charge in [-0.05, 0) is 46.5 Å². The highest BCUT2D eigenvalue weighted by Crippen LogP contribution is 2.39. The average molecular weight is 1100 g/mol. The van der Waals surface area contributed by atoms with E-state index >= 15 is 0 Å². The first kappa shape index (κ1) is 79.2. The lowest BCUT2D eigenvalue weighted by Crippen LogP contribution is -2.38. The Kier molecular flexibility index (Phi) is 37.4. The Bertz CT molecular complexity index is 2060. The van der Waals surface area contributed by atoms with Crippen LogP contribution in [0.4, 0.5) is 0 Å². The predicted molar refractivity (Wildman–Crippen MR) is 251 cm³/mol. The molecule has 434 valence electrons. The number of rotatable bonds is 21. The standard InChI is InChI=1S/C11H16O8.2C11H14O7.C4H2O3.C4H8O2.C3H6O2.2CH4.H2O/c1-5(8(14)15)6(9(16)17)3-11(2,10(18)19)4-7(12)13;2*1-5-6(9(15)18-8(5)14)3-11(2,10(16)17)4-7(12)13;5-3-1-2-4(6)7-3;1-2-3-4(5)6;1-2-3(4)5;;;/h5-6H,3-4H2,1-2H3,(H,12,13)(H,14,15)(H,16,17)(H,18,19);2*5-6H,3-4H2,1-2H3,(H,12,13)(H,16,17);1-2H;2-3H2,1H3,(H,5,6);2H2,1H3,(H,4,5);2*1H4;1H2. The van der Waals surface area contributed by atoms with Crippen LogP contribution in [0.1, 0.15) is 128 Å². The van der Waals surface area contributed by atoms with Crippen LogP contribution in [0.2, 0.25) is 0 Å². The molecule has 30 heteroatoms. The zero-order valence-electron chi connectivity index (χ0n) is 41.2. The van der Waals surface area contributed by atoms with Crippen LogP contribution in [0, 0.1) is 51.8 Å². The minimum Gasteiger partial charge on any atom is -0.481 e. The highest BCUT2D eigenvalue weighted by molar-refractivity contribution is 6.05. The predicted octanol–water partition coefficient (Wildman–Crippen LogP) is 2.34. The number of aliphatic carboxylic acids is 10. The van der Waals surface area contributed by atoms with Crippen LogP contribution >= 0.6 is 0 Å². The summed E-state index contributed by atoms with van der Waals surface area (Å²) in [7, 11) is 0. The molecule has 9 unspecified atom stereocenters. The Morgan fingerprint density at radius 3 is 0.961 bits per heavy atom. The number of esters is 6. The van der Waals surface area contributed by atoms with Gasteiger partial charge in [0.05, 0.1) is 71.0 Å². The molecule has 30 nitrogen and oxygen atoms in total. The molecular weight excluding hydrogens is 1030 g/mol. The lowest BCUT2D eigenvalue weighted by molar-refractivity contribution is -0.161. The lowest BCUT2D eigenvalue weighted by Gasteiger charge is -2.27. The van der Waals surface area contributed by atoms with E-state index in [0.717, 1.165) is 32.4 Å². The number of carbonyl (C=O) groups excluding carboxylic acids is 6. The van der Waals surface area contributed by atoms with E-state index in [1.165, 1.54) is 27.7 Å². The molecule has 0 bridgehead atoms. The van der Waals surface area contributed by atoms with Gasteiger partial charge in [0.25, 0.3) is 0 Å². The van der Waals surface area contributed by atoms with E-state index in [9.17, 15) is 76.7 Å². The van der Waals surface area contributed by atoms with Crippen molar-refractivity contribution in [2.45, 2.75) is 128 Å². The minimum absolute atomic E-state index is 0. The van der Waals surface area contributed by atoms with Crippen molar-refractivity contribution < 1.29 is 147 Å². The molecule has 0 aromatic carbocycles. The third-order valence-corrected chi connectivity index (χ3v) is 10.8. The second-order valence-corrected chi connectivity index (χ2v) is 17.2. The number of hydrogen-bond acceptors (Lipinski definition) is 19. The largest absolute Gasteiger partial charge is 0.481 e. The van der Waals surface area contributed by atoms with E-state index in [2.05, 4.69) is 14.2 Å². The quantitative estimate of drug-likeness (QED) is 0.0448. The van der Waals surface area contributed by atoms with Crippen molar-refractivity contribution in [1.82, 2.24) is 0 Å². The SMILES string of the molecule is C.C.CC(C(=O)O)C(CC(C)(CC(=O)O)C(=O)O)C(=O)O.CC1C(=O)OC(=O)C1CC(C)(CC(=O)O)C(=O)O.CC1C(=O)OC(=O)C1CC(C)(CC(=O)O)C(=O)O.CCC(=O)O.CCCC(=O)O.O.O=C1C=CC(=O)O1. The molecule has 0 spiro atoms. The second kappa shape index (κ2) is 35.9. The molecule has 3 rings (SSSR count). The van der Waals surface area contributed by atoms with E-state index in [-0.39, 0.29) is 39.6 Å². The van der Waals surface area contributed by atoms with Crippen molar-refractivity contribution in [3.05, 3.63) is 12.2 Å². The molecule has 0 aromatic heterocycles. The van der Waals surface area contributed by atoms with Crippen molar-refractivity contribution in [2.75, 3.05) is 0 Å². The number of cyclic esters (lactones) is 6. The van der Waals surface area contributed by atoms with Crippen LogP contribution in [0.15, 0.2) is 12.2 Å². The van der Waals surface area contributed by atoms with Gasteiger partial charge >= 0.3 is 95.5 Å². The van der Waals surface area contributed by atoms with Crippen LogP contribution in [0.3, 0.4) is 0 Å². The zero-order valence-corrected chi connectivity index (χ0v) is 41.2. The molecule has 12 N–H and O–H groups in total. The smallest absolute Gasteiger partial charge is 0.338 e. The maximum Gasteiger partial charge on any atom is 0.338 e. The Morgan fingerprint density at radius 2 is 0.803 bits per heavy atom. The van der Waals surface area contributed by atoms with Crippen molar-refractivity contribution in [2.24, 2.45) is 51.8 Å². The molecule has 2 saturated heterocycles. The summed E-state index contributed by atoms with van der Waals surface area (Å²) in [4.78, 5) is 171. The molecule has 0 aromatic rings. The molecule has 0 saturated carbocycles. The normalized spacial score (nSPS) is 19.6. The van der Waals surface area contributed by atoms with Gasteiger partial charge in [0.15, 0.2) is 0 Å². The van der Waals surface area contributed by atoms with Crippen LogP contribution < -0.4 is 0 Å². The van der Waals surface area contributed by atoms with Crippen molar-refractivity contribution >= 4 is 95.5 Å². The Balaban J connectivity index is -0.000000204. The number of carboxylic acid groups (broad SMARTS) is 10. The lowest BCUT2D eigenvalue weighted by atomic mass is 9.74. The van der Waals surface area contributed by atoms with Crippen LogP contribution in [0.25, 0.3) is 0 Å². The molecule has 3 heterocycles. The van der Waals surface area contributed by atoms with E-state index in [1.807, 2.05) is 6.92 Å². The van der Waals surface area contributed by atoms with Gasteiger partial charge in [0.2, 0.25) is 0 Å². The third kappa shape index (κ3) is 28.9. The van der Waals surface area contributed by atoms with Crippen LogP contribution in [-0.4, -0.2) is 152 Å². The molecule has 0 aliphatic carbocycles. The number of carbonyl (C=O) groups is 16. The molecular formula is C46H70O30. The van der Waals surface area contributed by atoms with Gasteiger partial charge in [0.1, 0.15) is 0 Å². The fraction of sp³-hybridized carbons (Fsp3) is 0.609. The summed E-state index contributed by atoms with van der Waals surface area (Å²) in [5, 5.41) is 86.7. The van der Waals surface area contributed by atoms with Crippen molar-refractivity contribution in [3.63, 3.8) is 0 Å². The van der Waals surface area contributed by atoms with E-state index in [4.69, 9.17) is 51.1 Å². The van der Waals surface area contributed by atoms with Gasteiger partial charge in [-0.2, -0.15) is 0 Å². The molecule has 3 aliphatic heterocycles. The summed E-state index contributed by atoms with van der Waals surface area (Å²) in [6.07, 6.45) is 0.358. The van der Waals surface area contributed by atoms with E-state index in [1.54, 1.807) is 6.92 Å². The number of hydrogen-bond donors (Lipinski definition) is 10. The van der Waals surface area contributed by atoms with E-state index < -0.39 is 173 Å². The van der Waals surface area contributed by atoms with Gasteiger partial charge in [-0.3, -0.25) is 67.1 Å². The molecule has 2 fully saturated rings. The Hall–Kier alpha value is -8.18. The topological polar surface area (TPSA) is 535 Å². The first-order valence-corrected chi connectivity index (χ1v) is 21.4.